The van der Waals surface area contributed by atoms with Gasteiger partial charge in [-0.1, -0.05) is 0 Å². The molecule has 1 aromatic rings. The number of aromatic nitrogens is 2. The molecule has 15 heavy (non-hydrogen) atoms. The van der Waals surface area contributed by atoms with E-state index in [4.69, 9.17) is 0 Å². The van der Waals surface area contributed by atoms with Gasteiger partial charge in [-0.15, -0.1) is 0 Å². The van der Waals surface area contributed by atoms with Crippen molar-refractivity contribution in [2.24, 2.45) is 5.92 Å². The topological polar surface area (TPSA) is 49.8 Å². The summed E-state index contributed by atoms with van der Waals surface area (Å²) < 4.78 is 0. The molecule has 2 N–H and O–H groups in total. The van der Waals surface area contributed by atoms with E-state index in [9.17, 15) is 0 Å². The Bertz CT molecular complexity index is 322. The van der Waals surface area contributed by atoms with Gasteiger partial charge < -0.3 is 10.6 Å². The number of anilines is 2. The quantitative estimate of drug-likeness (QED) is 0.774. The van der Waals surface area contributed by atoms with Crippen LogP contribution in [0.2, 0.25) is 0 Å². The van der Waals surface area contributed by atoms with Gasteiger partial charge in [-0.25, -0.2) is 4.98 Å². The van der Waals surface area contributed by atoms with E-state index in [1.54, 1.807) is 6.20 Å². The van der Waals surface area contributed by atoms with Crippen LogP contribution in [-0.4, -0.2) is 22.6 Å². The molecule has 0 bridgehead atoms. The number of hydrogen-bond donors (Lipinski definition) is 2. The Balaban J connectivity index is 1.97. The zero-order valence-corrected chi connectivity index (χ0v) is 9.33. The standard InChI is InChI=1S/C11H18N4/c1-3-12-11-13-7-6-10(15-11)14-8(2)9-4-5-9/h6-9H,3-5H2,1-2H3,(H2,12,13,14,15). The summed E-state index contributed by atoms with van der Waals surface area (Å²) in [6.07, 6.45) is 4.48. The van der Waals surface area contributed by atoms with Gasteiger partial charge in [-0.2, -0.15) is 4.98 Å². The van der Waals surface area contributed by atoms with E-state index in [0.717, 1.165) is 18.3 Å². The molecule has 82 valence electrons. The van der Waals surface area contributed by atoms with Gasteiger partial charge in [0.2, 0.25) is 5.95 Å². The van der Waals surface area contributed by atoms with Crippen molar-refractivity contribution in [3.63, 3.8) is 0 Å². The predicted molar refractivity (Wildman–Crippen MR) is 62.0 cm³/mol. The van der Waals surface area contributed by atoms with Crippen LogP contribution in [0.4, 0.5) is 11.8 Å². The highest BCUT2D eigenvalue weighted by Gasteiger charge is 2.27. The molecule has 0 radical (unpaired) electrons. The average Bonchev–Trinajstić information content (AvgIpc) is 3.01. The Hall–Kier alpha value is -1.32. The molecule has 0 spiro atoms. The van der Waals surface area contributed by atoms with Crippen LogP contribution >= 0.6 is 0 Å². The maximum atomic E-state index is 4.38. The third kappa shape index (κ3) is 2.81. The van der Waals surface area contributed by atoms with Gasteiger partial charge in [0.1, 0.15) is 5.82 Å². The Labute approximate surface area is 90.5 Å². The molecule has 1 atom stereocenters. The van der Waals surface area contributed by atoms with Crippen LogP contribution in [0.1, 0.15) is 26.7 Å². The van der Waals surface area contributed by atoms with Crippen molar-refractivity contribution in [2.45, 2.75) is 32.7 Å². The molecule has 0 aromatic carbocycles. The molecular formula is C11H18N4. The largest absolute Gasteiger partial charge is 0.367 e. The first kappa shape index (κ1) is 10.2. The summed E-state index contributed by atoms with van der Waals surface area (Å²) in [6.45, 7) is 5.10. The molecule has 1 aliphatic rings. The summed E-state index contributed by atoms with van der Waals surface area (Å²) in [5.41, 5.74) is 0. The van der Waals surface area contributed by atoms with Gasteiger partial charge in [0.15, 0.2) is 0 Å². The average molecular weight is 206 g/mol. The molecular weight excluding hydrogens is 188 g/mol. The molecule has 1 unspecified atom stereocenters. The van der Waals surface area contributed by atoms with Crippen molar-refractivity contribution in [1.82, 2.24) is 9.97 Å². The highest BCUT2D eigenvalue weighted by atomic mass is 15.1. The van der Waals surface area contributed by atoms with Crippen molar-refractivity contribution in [1.29, 1.82) is 0 Å². The smallest absolute Gasteiger partial charge is 0.224 e. The molecule has 0 amide bonds. The van der Waals surface area contributed by atoms with E-state index in [2.05, 4.69) is 27.5 Å². The normalized spacial score (nSPS) is 17.2. The summed E-state index contributed by atoms with van der Waals surface area (Å²) in [5, 5.41) is 6.52. The molecule has 1 saturated carbocycles. The van der Waals surface area contributed by atoms with E-state index in [1.807, 2.05) is 13.0 Å². The van der Waals surface area contributed by atoms with Crippen molar-refractivity contribution >= 4 is 11.8 Å². The summed E-state index contributed by atoms with van der Waals surface area (Å²) in [5.74, 6) is 2.45. The summed E-state index contributed by atoms with van der Waals surface area (Å²) in [4.78, 5) is 8.51. The van der Waals surface area contributed by atoms with Gasteiger partial charge >= 0.3 is 0 Å². The lowest BCUT2D eigenvalue weighted by Crippen LogP contribution is -2.18. The number of nitrogens with zero attached hydrogens (tertiary/aromatic N) is 2. The zero-order chi connectivity index (χ0) is 10.7. The fourth-order valence-electron chi connectivity index (χ4n) is 1.63. The van der Waals surface area contributed by atoms with Crippen LogP contribution in [0.15, 0.2) is 12.3 Å². The van der Waals surface area contributed by atoms with Gasteiger partial charge in [-0.05, 0) is 38.7 Å². The van der Waals surface area contributed by atoms with Gasteiger partial charge in [0, 0.05) is 18.8 Å². The van der Waals surface area contributed by atoms with Gasteiger partial charge in [0.05, 0.1) is 0 Å². The van der Waals surface area contributed by atoms with Crippen LogP contribution in [0.3, 0.4) is 0 Å². The molecule has 1 aromatic heterocycles. The first-order valence-corrected chi connectivity index (χ1v) is 5.63. The van der Waals surface area contributed by atoms with Crippen LogP contribution < -0.4 is 10.6 Å². The first-order valence-electron chi connectivity index (χ1n) is 5.63. The molecule has 0 saturated heterocycles. The van der Waals surface area contributed by atoms with Gasteiger partial charge in [-0.3, -0.25) is 0 Å². The lowest BCUT2D eigenvalue weighted by molar-refractivity contribution is 0.690. The lowest BCUT2D eigenvalue weighted by Gasteiger charge is -2.13. The Morgan fingerprint density at radius 2 is 2.33 bits per heavy atom. The van der Waals surface area contributed by atoms with Crippen molar-refractivity contribution < 1.29 is 0 Å². The van der Waals surface area contributed by atoms with Crippen LogP contribution in [0.25, 0.3) is 0 Å². The molecule has 1 aliphatic carbocycles. The second kappa shape index (κ2) is 4.47. The zero-order valence-electron chi connectivity index (χ0n) is 9.33. The van der Waals surface area contributed by atoms with Crippen LogP contribution in [0, 0.1) is 5.92 Å². The van der Waals surface area contributed by atoms with E-state index in [0.29, 0.717) is 12.0 Å². The third-order valence-corrected chi connectivity index (χ3v) is 2.70. The summed E-state index contributed by atoms with van der Waals surface area (Å²) in [7, 11) is 0. The van der Waals surface area contributed by atoms with E-state index in [-0.39, 0.29) is 0 Å². The van der Waals surface area contributed by atoms with Crippen molar-refractivity contribution in [3.8, 4) is 0 Å². The minimum absolute atomic E-state index is 0.523. The van der Waals surface area contributed by atoms with E-state index in [1.165, 1.54) is 12.8 Å². The molecule has 0 aliphatic heterocycles. The molecule has 1 heterocycles. The maximum absolute atomic E-state index is 4.38. The predicted octanol–water partition coefficient (Wildman–Crippen LogP) is 2.12. The number of hydrogen-bond acceptors (Lipinski definition) is 4. The molecule has 2 rings (SSSR count). The number of rotatable bonds is 5. The summed E-state index contributed by atoms with van der Waals surface area (Å²) in [6, 6.07) is 2.44. The second-order valence-corrected chi connectivity index (χ2v) is 4.07. The highest BCUT2D eigenvalue weighted by Crippen LogP contribution is 2.33. The molecule has 1 fully saturated rings. The Morgan fingerprint density at radius 3 is 3.00 bits per heavy atom. The SMILES string of the molecule is CCNc1nccc(NC(C)C2CC2)n1. The lowest BCUT2D eigenvalue weighted by atomic mass is 10.2. The summed E-state index contributed by atoms with van der Waals surface area (Å²) >= 11 is 0. The van der Waals surface area contributed by atoms with Crippen LogP contribution in [-0.2, 0) is 0 Å². The second-order valence-electron chi connectivity index (χ2n) is 4.07. The minimum Gasteiger partial charge on any atom is -0.367 e. The first-order chi connectivity index (χ1) is 7.29. The monoisotopic (exact) mass is 206 g/mol. The van der Waals surface area contributed by atoms with Crippen molar-refractivity contribution in [3.05, 3.63) is 12.3 Å². The van der Waals surface area contributed by atoms with E-state index >= 15 is 0 Å². The minimum atomic E-state index is 0.523. The van der Waals surface area contributed by atoms with Crippen molar-refractivity contribution in [2.75, 3.05) is 17.2 Å². The highest BCUT2D eigenvalue weighted by molar-refractivity contribution is 5.40. The fraction of sp³-hybridized carbons (Fsp3) is 0.636. The van der Waals surface area contributed by atoms with E-state index < -0.39 is 0 Å². The Kier molecular flexibility index (Phi) is 3.04. The Morgan fingerprint density at radius 1 is 1.53 bits per heavy atom. The maximum Gasteiger partial charge on any atom is 0.224 e. The molecule has 4 nitrogen and oxygen atoms in total. The fourth-order valence-corrected chi connectivity index (χ4v) is 1.63. The molecule has 4 heteroatoms. The third-order valence-electron chi connectivity index (χ3n) is 2.70. The van der Waals surface area contributed by atoms with Crippen LogP contribution in [0.5, 0.6) is 0 Å². The number of nitrogens with one attached hydrogen (secondary N) is 2. The van der Waals surface area contributed by atoms with Gasteiger partial charge in [0.25, 0.3) is 0 Å².